The molecule has 4 aromatic carbocycles. The molecule has 2 aliphatic rings. The number of hydrogen-bond donors (Lipinski definition) is 2. The van der Waals surface area contributed by atoms with Crippen LogP contribution >= 0.6 is 23.2 Å². The van der Waals surface area contributed by atoms with Crippen LogP contribution in [0, 0.1) is 0 Å². The van der Waals surface area contributed by atoms with E-state index in [2.05, 4.69) is 59.2 Å². The molecular formula is C47H50Cl2F3N7O2. The Hall–Kier alpha value is -4.69. The van der Waals surface area contributed by atoms with Gasteiger partial charge < -0.3 is 19.9 Å². The smallest absolute Gasteiger partial charge is 0.406 e. The van der Waals surface area contributed by atoms with Gasteiger partial charge in [0, 0.05) is 109 Å². The number of aryl methyl sites for hydroxylation is 1. The van der Waals surface area contributed by atoms with Crippen LogP contribution in [0.5, 0.6) is 5.75 Å². The van der Waals surface area contributed by atoms with Crippen molar-refractivity contribution in [3.8, 4) is 22.6 Å². The van der Waals surface area contributed by atoms with Crippen LogP contribution in [-0.4, -0.2) is 81.1 Å². The zero-order valence-electron chi connectivity index (χ0n) is 33.9. The van der Waals surface area contributed by atoms with Gasteiger partial charge in [-0.25, -0.2) is 4.68 Å². The molecule has 0 saturated carbocycles. The van der Waals surface area contributed by atoms with Crippen molar-refractivity contribution in [3.63, 3.8) is 0 Å². The zero-order chi connectivity index (χ0) is 42.4. The first-order valence-corrected chi connectivity index (χ1v) is 21.7. The predicted molar refractivity (Wildman–Crippen MR) is 235 cm³/mol. The van der Waals surface area contributed by atoms with Gasteiger partial charge >= 0.3 is 6.36 Å². The molecule has 61 heavy (non-hydrogen) atoms. The first-order chi connectivity index (χ1) is 29.5. The molecule has 14 heteroatoms. The average Bonchev–Trinajstić information content (AvgIpc) is 3.89. The van der Waals surface area contributed by atoms with E-state index in [1.54, 1.807) is 12.1 Å². The van der Waals surface area contributed by atoms with Crippen molar-refractivity contribution in [2.45, 2.75) is 70.2 Å². The second kappa shape index (κ2) is 19.1. The van der Waals surface area contributed by atoms with E-state index in [0.29, 0.717) is 36.1 Å². The Balaban J connectivity index is 0.930. The van der Waals surface area contributed by atoms with Gasteiger partial charge in [-0.1, -0.05) is 65.7 Å². The van der Waals surface area contributed by atoms with Crippen molar-refractivity contribution < 1.29 is 22.7 Å². The molecule has 0 spiro atoms. The minimum atomic E-state index is -4.77. The molecule has 2 aromatic heterocycles. The number of carbonyl (C=O) groups is 1. The van der Waals surface area contributed by atoms with E-state index in [-0.39, 0.29) is 11.5 Å². The van der Waals surface area contributed by atoms with Gasteiger partial charge in [0.15, 0.2) is 5.78 Å². The first kappa shape index (κ1) is 43.0. The maximum Gasteiger partial charge on any atom is 0.573 e. The average molecular weight is 873 g/mol. The summed E-state index contributed by atoms with van der Waals surface area (Å²) in [5.74, 6) is -0.0219. The molecule has 2 aliphatic heterocycles. The fraction of sp³-hybridized carbons (Fsp3) is 0.362. The summed E-state index contributed by atoms with van der Waals surface area (Å²) in [7, 11) is 0. The molecule has 0 bridgehead atoms. The van der Waals surface area contributed by atoms with Crippen molar-refractivity contribution in [2.24, 2.45) is 0 Å². The quantitative estimate of drug-likeness (QED) is 0.0939. The second-order valence-corrected chi connectivity index (χ2v) is 16.9. The molecule has 0 atom stereocenters. The lowest BCUT2D eigenvalue weighted by molar-refractivity contribution is -0.274. The molecule has 4 heterocycles. The number of hydrogen-bond acceptors (Lipinski definition) is 7. The number of unbranched alkanes of at least 4 members (excludes halogenated alkanes) is 1. The molecule has 0 aliphatic carbocycles. The summed E-state index contributed by atoms with van der Waals surface area (Å²) in [5, 5.41) is 14.0. The number of carbonyl (C=O) groups excluding carboxylic acids is 1. The summed E-state index contributed by atoms with van der Waals surface area (Å²) in [6.07, 6.45) is 4.61. The second-order valence-electron chi connectivity index (χ2n) is 16.1. The highest BCUT2D eigenvalue weighted by molar-refractivity contribution is 6.36. The number of rotatable bonds is 16. The number of benzene rings is 4. The Bertz CT molecular complexity index is 2380. The fourth-order valence-corrected chi connectivity index (χ4v) is 9.14. The maximum absolute atomic E-state index is 14.0. The lowest BCUT2D eigenvalue weighted by Gasteiger charge is -2.37. The van der Waals surface area contributed by atoms with Crippen molar-refractivity contribution in [1.29, 1.82) is 0 Å². The van der Waals surface area contributed by atoms with Gasteiger partial charge in [0.05, 0.1) is 17.4 Å². The minimum Gasteiger partial charge on any atom is -0.406 e. The number of piperazine rings is 1. The van der Waals surface area contributed by atoms with E-state index < -0.39 is 11.9 Å². The summed E-state index contributed by atoms with van der Waals surface area (Å²) in [6, 6.07) is 28.2. The third kappa shape index (κ3) is 10.7. The number of nitrogens with zero attached hydrogens (tertiary/aromatic N) is 5. The highest BCUT2D eigenvalue weighted by Gasteiger charge is 2.38. The number of ketones is 1. The Morgan fingerprint density at radius 3 is 2.23 bits per heavy atom. The van der Waals surface area contributed by atoms with E-state index in [9.17, 15) is 18.0 Å². The van der Waals surface area contributed by atoms with Crippen LogP contribution in [0.25, 0.3) is 27.7 Å². The zero-order valence-corrected chi connectivity index (χ0v) is 35.5. The standard InChI is InChI=1S/C47H50Cl2F3N7O2/c48-42-9-6-10-43(49)41(42)32-57-25-23-56(24-26-57)30-34-12-17-44-39(27-34)40(36-13-15-38(16-14-36)61-47(50,51)52)33-58(44)22-5-4-11-45(60)46(18-20-53-21-19-46)54-28-35-29-55-59(31-35)37-7-2-1-3-8-37/h1-3,6-10,12-17,27,29,31,33,53-54H,4-5,11,18-26,28,30,32H2. The topological polar surface area (TPSA) is 79.6 Å². The summed E-state index contributed by atoms with van der Waals surface area (Å²) in [5.41, 5.74) is 6.29. The molecule has 8 rings (SSSR count). The number of nitrogens with one attached hydrogen (secondary N) is 2. The van der Waals surface area contributed by atoms with Crippen LogP contribution in [0.15, 0.2) is 110 Å². The van der Waals surface area contributed by atoms with E-state index in [1.165, 1.54) is 12.1 Å². The van der Waals surface area contributed by atoms with Gasteiger partial charge in [0.1, 0.15) is 5.75 Å². The van der Waals surface area contributed by atoms with Crippen molar-refractivity contribution in [1.82, 2.24) is 34.8 Å². The SMILES string of the molecule is O=C(CCCCn1cc(-c2ccc(OC(F)(F)F)cc2)c2cc(CN3CCN(Cc4c(Cl)cccc4Cl)CC3)ccc21)C1(NCc2cnn(-c3ccccc3)c2)CCNCC1. The van der Waals surface area contributed by atoms with Crippen LogP contribution in [0.1, 0.15) is 48.8 Å². The molecule has 0 unspecified atom stereocenters. The predicted octanol–water partition coefficient (Wildman–Crippen LogP) is 9.67. The van der Waals surface area contributed by atoms with Crippen LogP contribution in [-0.2, 0) is 31.0 Å². The Kier molecular flexibility index (Phi) is 13.5. The monoisotopic (exact) mass is 871 g/mol. The highest BCUT2D eigenvalue weighted by Crippen LogP contribution is 2.35. The van der Waals surface area contributed by atoms with Gasteiger partial charge in [-0.2, -0.15) is 5.10 Å². The Morgan fingerprint density at radius 1 is 0.820 bits per heavy atom. The molecule has 2 fully saturated rings. The van der Waals surface area contributed by atoms with Crippen LogP contribution in [0.3, 0.4) is 0 Å². The van der Waals surface area contributed by atoms with Gasteiger partial charge in [-0.15, -0.1) is 13.2 Å². The number of ether oxygens (including phenoxy) is 1. The van der Waals surface area contributed by atoms with Crippen LogP contribution in [0.4, 0.5) is 13.2 Å². The van der Waals surface area contributed by atoms with Gasteiger partial charge in [-0.05, 0) is 98.4 Å². The first-order valence-electron chi connectivity index (χ1n) is 21.0. The molecule has 0 radical (unpaired) electrons. The highest BCUT2D eigenvalue weighted by atomic mass is 35.5. The Labute approximate surface area is 364 Å². The molecule has 2 saturated heterocycles. The third-order valence-electron chi connectivity index (χ3n) is 12.0. The largest absolute Gasteiger partial charge is 0.573 e. The number of para-hydroxylation sites is 1. The third-order valence-corrected chi connectivity index (χ3v) is 12.7. The summed E-state index contributed by atoms with van der Waals surface area (Å²) in [4.78, 5) is 18.8. The number of piperidine rings is 1. The summed E-state index contributed by atoms with van der Waals surface area (Å²) in [6.45, 7) is 7.81. The number of aromatic nitrogens is 3. The number of fused-ring (bicyclic) bond motifs is 1. The Morgan fingerprint density at radius 2 is 1.52 bits per heavy atom. The lowest BCUT2D eigenvalue weighted by atomic mass is 9.82. The van der Waals surface area contributed by atoms with E-state index >= 15 is 0 Å². The number of Topliss-reactive ketones (excluding diaryl/α,β-unsaturated/α-hetero) is 1. The van der Waals surface area contributed by atoms with E-state index in [4.69, 9.17) is 23.2 Å². The fourth-order valence-electron chi connectivity index (χ4n) is 8.62. The van der Waals surface area contributed by atoms with Crippen molar-refractivity contribution >= 4 is 39.9 Å². The van der Waals surface area contributed by atoms with Gasteiger partial charge in [0.25, 0.3) is 0 Å². The van der Waals surface area contributed by atoms with Crippen LogP contribution < -0.4 is 15.4 Å². The molecule has 6 aromatic rings. The molecule has 320 valence electrons. The number of alkyl halides is 3. The number of halogens is 5. The van der Waals surface area contributed by atoms with Crippen LogP contribution in [0.2, 0.25) is 10.0 Å². The van der Waals surface area contributed by atoms with Gasteiger partial charge in [0.2, 0.25) is 0 Å². The van der Waals surface area contributed by atoms with Gasteiger partial charge in [-0.3, -0.25) is 14.6 Å². The molecule has 9 nitrogen and oxygen atoms in total. The summed E-state index contributed by atoms with van der Waals surface area (Å²) >= 11 is 12.9. The molecule has 2 N–H and O–H groups in total. The minimum absolute atomic E-state index is 0.238. The van der Waals surface area contributed by atoms with E-state index in [1.807, 2.05) is 65.6 Å². The summed E-state index contributed by atoms with van der Waals surface area (Å²) < 4.78 is 47.2. The van der Waals surface area contributed by atoms with E-state index in [0.717, 1.165) is 116 Å². The van der Waals surface area contributed by atoms with Crippen molar-refractivity contribution in [2.75, 3.05) is 39.3 Å². The normalized spacial score (nSPS) is 16.3. The van der Waals surface area contributed by atoms with Crippen molar-refractivity contribution in [3.05, 3.63) is 136 Å². The molecule has 0 amide bonds. The lowest BCUT2D eigenvalue weighted by Crippen LogP contribution is -2.57. The molecular weight excluding hydrogens is 822 g/mol. The maximum atomic E-state index is 14.0.